The SMILES string of the molecule is CCC(C)C(N)C(=O)O.O=C(O)[C@@H]1CCCN1O. The fourth-order valence-corrected chi connectivity index (χ4v) is 1.50. The molecule has 1 heterocycles. The average Bonchev–Trinajstić information content (AvgIpc) is 2.74. The van der Waals surface area contributed by atoms with Gasteiger partial charge in [-0.15, -0.1) is 0 Å². The molecule has 0 saturated carbocycles. The molecule has 1 fully saturated rings. The minimum atomic E-state index is -0.935. The molecule has 0 aromatic carbocycles. The normalized spacial score (nSPS) is 22.8. The van der Waals surface area contributed by atoms with Gasteiger partial charge in [0.25, 0.3) is 0 Å². The molecule has 0 amide bonds. The standard InChI is InChI=1S/C6H13NO2.C5H9NO3/c1-3-4(2)5(7)6(8)9;7-5(8)4-2-1-3-6(4)9/h4-5H,3,7H2,1-2H3,(H,8,9);4,9H,1-3H2,(H,7,8)/t;4-/m.0/s1. The maximum Gasteiger partial charge on any atom is 0.323 e. The zero-order valence-electron chi connectivity index (χ0n) is 10.7. The lowest BCUT2D eigenvalue weighted by Gasteiger charge is -2.11. The van der Waals surface area contributed by atoms with E-state index in [-0.39, 0.29) is 5.92 Å². The van der Waals surface area contributed by atoms with Crippen molar-refractivity contribution in [3.8, 4) is 0 Å². The van der Waals surface area contributed by atoms with Crippen LogP contribution < -0.4 is 5.73 Å². The van der Waals surface area contributed by atoms with E-state index in [2.05, 4.69) is 0 Å². The number of nitrogens with zero attached hydrogens (tertiary/aromatic N) is 1. The van der Waals surface area contributed by atoms with Gasteiger partial charge >= 0.3 is 11.9 Å². The van der Waals surface area contributed by atoms with Gasteiger partial charge in [-0.3, -0.25) is 9.59 Å². The molecule has 5 N–H and O–H groups in total. The van der Waals surface area contributed by atoms with Crippen LogP contribution in [-0.2, 0) is 9.59 Å². The summed E-state index contributed by atoms with van der Waals surface area (Å²) < 4.78 is 0. The third-order valence-corrected chi connectivity index (χ3v) is 3.05. The molecule has 1 aliphatic heterocycles. The average molecular weight is 262 g/mol. The van der Waals surface area contributed by atoms with Gasteiger partial charge in [-0.25, -0.2) is 0 Å². The van der Waals surface area contributed by atoms with Crippen molar-refractivity contribution in [2.75, 3.05) is 6.54 Å². The molecule has 0 bridgehead atoms. The summed E-state index contributed by atoms with van der Waals surface area (Å²) in [6.07, 6.45) is 2.15. The summed E-state index contributed by atoms with van der Waals surface area (Å²) in [6.45, 7) is 4.24. The number of hydrogen-bond acceptors (Lipinski definition) is 5. The Morgan fingerprint density at radius 2 is 2.00 bits per heavy atom. The Morgan fingerprint density at radius 1 is 1.44 bits per heavy atom. The van der Waals surface area contributed by atoms with Crippen molar-refractivity contribution >= 4 is 11.9 Å². The summed E-state index contributed by atoms with van der Waals surface area (Å²) in [5, 5.41) is 26.4. The van der Waals surface area contributed by atoms with Gasteiger partial charge in [-0.2, -0.15) is 5.06 Å². The number of aliphatic carboxylic acids is 2. The van der Waals surface area contributed by atoms with Crippen molar-refractivity contribution in [3.05, 3.63) is 0 Å². The molecule has 7 heteroatoms. The molecule has 1 rings (SSSR count). The van der Waals surface area contributed by atoms with E-state index in [1.165, 1.54) is 0 Å². The van der Waals surface area contributed by atoms with Gasteiger partial charge in [-0.05, 0) is 18.8 Å². The smallest absolute Gasteiger partial charge is 0.323 e. The van der Waals surface area contributed by atoms with E-state index in [0.717, 1.165) is 17.9 Å². The lowest BCUT2D eigenvalue weighted by Crippen LogP contribution is -2.36. The van der Waals surface area contributed by atoms with E-state index >= 15 is 0 Å². The maximum atomic E-state index is 10.2. The highest BCUT2D eigenvalue weighted by Gasteiger charge is 2.28. The van der Waals surface area contributed by atoms with Gasteiger partial charge in [0.1, 0.15) is 12.1 Å². The maximum absolute atomic E-state index is 10.2. The van der Waals surface area contributed by atoms with Gasteiger partial charge in [0.15, 0.2) is 0 Å². The molecule has 18 heavy (non-hydrogen) atoms. The summed E-state index contributed by atoms with van der Waals surface area (Å²) in [5.41, 5.74) is 5.27. The van der Waals surface area contributed by atoms with Gasteiger partial charge in [0, 0.05) is 6.54 Å². The number of carboxylic acids is 2. The monoisotopic (exact) mass is 262 g/mol. The van der Waals surface area contributed by atoms with E-state index in [1.54, 1.807) is 0 Å². The number of carbonyl (C=O) groups is 2. The molecule has 0 spiro atoms. The van der Waals surface area contributed by atoms with Crippen molar-refractivity contribution in [3.63, 3.8) is 0 Å². The van der Waals surface area contributed by atoms with Crippen molar-refractivity contribution in [2.24, 2.45) is 11.7 Å². The zero-order chi connectivity index (χ0) is 14.3. The molecule has 106 valence electrons. The predicted octanol–water partition coefficient (Wildman–Crippen LogP) is 0.369. The first-order valence-corrected chi connectivity index (χ1v) is 5.97. The highest BCUT2D eigenvalue weighted by molar-refractivity contribution is 5.73. The van der Waals surface area contributed by atoms with Gasteiger partial charge in [0.2, 0.25) is 0 Å². The first-order valence-electron chi connectivity index (χ1n) is 5.97. The van der Waals surface area contributed by atoms with Crippen molar-refractivity contribution in [2.45, 2.75) is 45.2 Å². The largest absolute Gasteiger partial charge is 0.480 e. The Bertz CT molecular complexity index is 285. The molecule has 0 aromatic rings. The molecule has 7 nitrogen and oxygen atoms in total. The fraction of sp³-hybridized carbons (Fsp3) is 0.818. The van der Waals surface area contributed by atoms with Crippen LogP contribution in [0.5, 0.6) is 0 Å². The molecule has 1 saturated heterocycles. The fourth-order valence-electron chi connectivity index (χ4n) is 1.50. The molecule has 0 aliphatic carbocycles. The molecule has 0 aromatic heterocycles. The highest BCUT2D eigenvalue weighted by Crippen LogP contribution is 2.13. The van der Waals surface area contributed by atoms with Crippen LogP contribution in [0, 0.1) is 5.92 Å². The van der Waals surface area contributed by atoms with Crippen LogP contribution in [0.25, 0.3) is 0 Å². The van der Waals surface area contributed by atoms with Crippen LogP contribution in [-0.4, -0.2) is 51.1 Å². The van der Waals surface area contributed by atoms with E-state index in [4.69, 9.17) is 21.2 Å². The van der Waals surface area contributed by atoms with Crippen molar-refractivity contribution < 1.29 is 25.0 Å². The predicted molar refractivity (Wildman–Crippen MR) is 64.2 cm³/mol. The highest BCUT2D eigenvalue weighted by atomic mass is 16.5. The topological polar surface area (TPSA) is 124 Å². The van der Waals surface area contributed by atoms with Crippen LogP contribution >= 0.6 is 0 Å². The zero-order valence-corrected chi connectivity index (χ0v) is 10.7. The van der Waals surface area contributed by atoms with Crippen LogP contribution in [0.3, 0.4) is 0 Å². The first-order chi connectivity index (χ1) is 8.31. The Labute approximate surface area is 106 Å². The lowest BCUT2D eigenvalue weighted by molar-refractivity contribution is -0.161. The number of carboxylic acid groups (broad SMARTS) is 2. The van der Waals surface area contributed by atoms with Crippen molar-refractivity contribution in [1.29, 1.82) is 0 Å². The van der Waals surface area contributed by atoms with Gasteiger partial charge in [-0.1, -0.05) is 20.3 Å². The second kappa shape index (κ2) is 8.02. The Balaban J connectivity index is 0.000000321. The minimum absolute atomic E-state index is 0.0718. The minimum Gasteiger partial charge on any atom is -0.480 e. The molecular weight excluding hydrogens is 240 g/mol. The molecule has 2 unspecified atom stereocenters. The van der Waals surface area contributed by atoms with Crippen LogP contribution in [0.1, 0.15) is 33.1 Å². The van der Waals surface area contributed by atoms with E-state index < -0.39 is 24.0 Å². The molecule has 3 atom stereocenters. The summed E-state index contributed by atoms with van der Waals surface area (Å²) in [6, 6.07) is -1.36. The third-order valence-electron chi connectivity index (χ3n) is 3.05. The molecular formula is C11H22N2O5. The van der Waals surface area contributed by atoms with E-state index in [9.17, 15) is 9.59 Å². The summed E-state index contributed by atoms with van der Waals surface area (Å²) in [4.78, 5) is 20.4. The Hall–Kier alpha value is -1.18. The number of nitrogens with two attached hydrogens (primary N) is 1. The van der Waals surface area contributed by atoms with Gasteiger partial charge in [0.05, 0.1) is 0 Å². The quantitative estimate of drug-likeness (QED) is 0.577. The molecule has 1 aliphatic rings. The Kier molecular flexibility index (Phi) is 7.49. The Morgan fingerprint density at radius 3 is 2.17 bits per heavy atom. The summed E-state index contributed by atoms with van der Waals surface area (Å²) >= 11 is 0. The van der Waals surface area contributed by atoms with Crippen LogP contribution in [0.2, 0.25) is 0 Å². The van der Waals surface area contributed by atoms with Crippen LogP contribution in [0.4, 0.5) is 0 Å². The second-order valence-electron chi connectivity index (χ2n) is 4.41. The summed E-state index contributed by atoms with van der Waals surface area (Å²) in [5.74, 6) is -1.78. The second-order valence-corrected chi connectivity index (χ2v) is 4.41. The van der Waals surface area contributed by atoms with Gasteiger partial charge < -0.3 is 21.2 Å². The number of hydrogen-bond donors (Lipinski definition) is 4. The third kappa shape index (κ3) is 5.44. The lowest BCUT2D eigenvalue weighted by atomic mass is 10.0. The van der Waals surface area contributed by atoms with E-state index in [1.807, 2.05) is 13.8 Å². The summed E-state index contributed by atoms with van der Waals surface area (Å²) in [7, 11) is 0. The number of hydroxylamine groups is 2. The van der Waals surface area contributed by atoms with Crippen molar-refractivity contribution in [1.82, 2.24) is 5.06 Å². The number of rotatable bonds is 4. The van der Waals surface area contributed by atoms with E-state index in [0.29, 0.717) is 13.0 Å². The van der Waals surface area contributed by atoms with Crippen LogP contribution in [0.15, 0.2) is 0 Å². The first kappa shape index (κ1) is 16.8. The molecule has 0 radical (unpaired) electrons.